The van der Waals surface area contributed by atoms with Crippen molar-refractivity contribution in [2.45, 2.75) is 12.5 Å². The maximum atomic E-state index is 12.2. The Labute approximate surface area is 150 Å². The number of aromatic amines is 1. The number of nitrogens with one attached hydrogen (secondary N) is 3. The van der Waals surface area contributed by atoms with Crippen LogP contribution in [0, 0.1) is 0 Å². The third-order valence-electron chi connectivity index (χ3n) is 4.04. The van der Waals surface area contributed by atoms with Crippen LogP contribution < -0.4 is 20.5 Å². The van der Waals surface area contributed by atoms with Crippen molar-refractivity contribution in [3.63, 3.8) is 0 Å². The van der Waals surface area contributed by atoms with Gasteiger partial charge in [-0.25, -0.2) is 4.79 Å². The molecule has 0 aliphatic carbocycles. The second-order valence-corrected chi connectivity index (χ2v) is 5.73. The van der Waals surface area contributed by atoms with E-state index in [4.69, 9.17) is 4.74 Å². The van der Waals surface area contributed by atoms with E-state index in [1.807, 2.05) is 24.3 Å². The van der Waals surface area contributed by atoms with Gasteiger partial charge in [0.15, 0.2) is 0 Å². The van der Waals surface area contributed by atoms with E-state index in [1.54, 1.807) is 30.5 Å². The average Bonchev–Trinajstić information content (AvgIpc) is 3.04. The SMILES string of the molecule is COc1ccccc1NC(=O)N[C@@H](Cc1c[nH]c2ccccc12)C(=O)[O-]. The van der Waals surface area contributed by atoms with Crippen molar-refractivity contribution in [2.24, 2.45) is 0 Å². The molecule has 1 heterocycles. The number of rotatable bonds is 6. The van der Waals surface area contributed by atoms with Gasteiger partial charge in [0.1, 0.15) is 5.75 Å². The number of ether oxygens (including phenoxy) is 1. The average molecular weight is 352 g/mol. The number of methoxy groups -OCH3 is 1. The smallest absolute Gasteiger partial charge is 0.319 e. The first-order valence-corrected chi connectivity index (χ1v) is 8.05. The number of para-hydroxylation sites is 3. The Morgan fingerprint density at radius 3 is 2.65 bits per heavy atom. The summed E-state index contributed by atoms with van der Waals surface area (Å²) in [6.07, 6.45) is 1.84. The van der Waals surface area contributed by atoms with Crippen molar-refractivity contribution < 1.29 is 19.4 Å². The minimum absolute atomic E-state index is 0.103. The van der Waals surface area contributed by atoms with Gasteiger partial charge >= 0.3 is 6.03 Å². The molecule has 134 valence electrons. The molecule has 1 aromatic heterocycles. The minimum Gasteiger partial charge on any atom is -0.548 e. The van der Waals surface area contributed by atoms with Gasteiger partial charge in [-0.3, -0.25) is 0 Å². The van der Waals surface area contributed by atoms with E-state index >= 15 is 0 Å². The Balaban J connectivity index is 1.72. The number of carbonyl (C=O) groups is 2. The molecule has 0 saturated heterocycles. The Bertz CT molecular complexity index is 935. The van der Waals surface area contributed by atoms with E-state index in [-0.39, 0.29) is 6.42 Å². The summed E-state index contributed by atoms with van der Waals surface area (Å²) in [6, 6.07) is 12.6. The van der Waals surface area contributed by atoms with Crippen molar-refractivity contribution >= 4 is 28.6 Å². The van der Waals surface area contributed by atoms with Crippen molar-refractivity contribution in [1.29, 1.82) is 0 Å². The van der Waals surface area contributed by atoms with Crippen molar-refractivity contribution in [1.82, 2.24) is 10.3 Å². The number of benzene rings is 2. The van der Waals surface area contributed by atoms with E-state index in [9.17, 15) is 14.7 Å². The van der Waals surface area contributed by atoms with E-state index in [0.29, 0.717) is 11.4 Å². The maximum Gasteiger partial charge on any atom is 0.319 e. The number of carbonyl (C=O) groups excluding carboxylic acids is 2. The van der Waals surface area contributed by atoms with Crippen LogP contribution >= 0.6 is 0 Å². The van der Waals surface area contributed by atoms with Gasteiger partial charge in [0.05, 0.1) is 24.8 Å². The Morgan fingerprint density at radius 2 is 1.88 bits per heavy atom. The summed E-state index contributed by atoms with van der Waals surface area (Å²) in [4.78, 5) is 26.8. The summed E-state index contributed by atoms with van der Waals surface area (Å²) in [5.74, 6) is -0.880. The summed E-state index contributed by atoms with van der Waals surface area (Å²) in [5, 5.41) is 17.4. The van der Waals surface area contributed by atoms with Crippen LogP contribution in [0.25, 0.3) is 10.9 Å². The first-order valence-electron chi connectivity index (χ1n) is 8.05. The lowest BCUT2D eigenvalue weighted by atomic mass is 10.1. The highest BCUT2D eigenvalue weighted by atomic mass is 16.5. The van der Waals surface area contributed by atoms with Crippen LogP contribution in [0.1, 0.15) is 5.56 Å². The zero-order chi connectivity index (χ0) is 18.5. The lowest BCUT2D eigenvalue weighted by Gasteiger charge is -2.20. The molecule has 7 heteroatoms. The van der Waals surface area contributed by atoms with E-state index < -0.39 is 18.0 Å². The van der Waals surface area contributed by atoms with Crippen molar-refractivity contribution in [3.8, 4) is 5.75 Å². The normalized spacial score (nSPS) is 11.7. The molecule has 3 rings (SSSR count). The number of anilines is 1. The number of H-pyrrole nitrogens is 1. The van der Waals surface area contributed by atoms with Gasteiger partial charge in [0.2, 0.25) is 0 Å². The summed E-state index contributed by atoms with van der Waals surface area (Å²) >= 11 is 0. The topological polar surface area (TPSA) is 106 Å². The van der Waals surface area contributed by atoms with Crippen LogP contribution in [-0.2, 0) is 11.2 Å². The maximum absolute atomic E-state index is 12.2. The number of hydrogen-bond acceptors (Lipinski definition) is 4. The monoisotopic (exact) mass is 352 g/mol. The van der Waals surface area contributed by atoms with Gasteiger partial charge < -0.3 is 30.3 Å². The first kappa shape index (κ1) is 17.3. The zero-order valence-electron chi connectivity index (χ0n) is 14.1. The summed E-state index contributed by atoms with van der Waals surface area (Å²) in [7, 11) is 1.49. The molecule has 0 spiro atoms. The lowest BCUT2D eigenvalue weighted by molar-refractivity contribution is -0.308. The number of urea groups is 1. The van der Waals surface area contributed by atoms with Gasteiger partial charge in [0, 0.05) is 23.5 Å². The van der Waals surface area contributed by atoms with Crippen molar-refractivity contribution in [3.05, 3.63) is 60.3 Å². The predicted molar refractivity (Wildman–Crippen MR) is 95.9 cm³/mol. The van der Waals surface area contributed by atoms with E-state index in [2.05, 4.69) is 15.6 Å². The minimum atomic E-state index is -1.36. The number of carboxylic acid groups (broad SMARTS) is 1. The van der Waals surface area contributed by atoms with Gasteiger partial charge in [-0.1, -0.05) is 30.3 Å². The molecular formula is C19H18N3O4-. The van der Waals surface area contributed by atoms with E-state index in [1.165, 1.54) is 7.11 Å². The molecule has 3 aromatic rings. The highest BCUT2D eigenvalue weighted by Crippen LogP contribution is 2.23. The molecule has 0 aliphatic heterocycles. The van der Waals surface area contributed by atoms with E-state index in [0.717, 1.165) is 16.5 Å². The van der Waals surface area contributed by atoms with Crippen LogP contribution in [0.3, 0.4) is 0 Å². The third kappa shape index (κ3) is 3.77. The van der Waals surface area contributed by atoms with Crippen LogP contribution in [0.2, 0.25) is 0 Å². The van der Waals surface area contributed by atoms with Crippen LogP contribution in [0.4, 0.5) is 10.5 Å². The second-order valence-electron chi connectivity index (χ2n) is 5.73. The molecule has 0 unspecified atom stereocenters. The number of aliphatic carboxylic acids is 1. The third-order valence-corrected chi connectivity index (χ3v) is 4.04. The number of amides is 2. The molecule has 0 saturated carbocycles. The molecule has 2 amide bonds. The molecule has 26 heavy (non-hydrogen) atoms. The summed E-state index contributed by atoms with van der Waals surface area (Å²) in [6.45, 7) is 0. The fraction of sp³-hybridized carbons (Fsp3) is 0.158. The molecule has 3 N–H and O–H groups in total. The standard InChI is InChI=1S/C19H19N3O4/c1-26-17-9-5-4-8-15(17)21-19(25)22-16(18(23)24)10-12-11-20-14-7-3-2-6-13(12)14/h2-9,11,16,20H,10H2,1H3,(H,23,24)(H2,21,22,25)/p-1/t16-/m0/s1. The molecule has 1 atom stereocenters. The number of carboxylic acids is 1. The van der Waals surface area contributed by atoms with Crippen LogP contribution in [0.5, 0.6) is 5.75 Å². The molecule has 0 radical (unpaired) electrons. The number of hydrogen-bond donors (Lipinski definition) is 3. The number of aromatic nitrogens is 1. The fourth-order valence-corrected chi connectivity index (χ4v) is 2.78. The highest BCUT2D eigenvalue weighted by Gasteiger charge is 2.17. The molecule has 0 bridgehead atoms. The molecule has 0 aliphatic rings. The summed E-state index contributed by atoms with van der Waals surface area (Å²) in [5.41, 5.74) is 2.13. The van der Waals surface area contributed by atoms with Gasteiger partial charge in [-0.15, -0.1) is 0 Å². The number of fused-ring (bicyclic) bond motifs is 1. The predicted octanol–water partition coefficient (Wildman–Crippen LogP) is 1.66. The van der Waals surface area contributed by atoms with Gasteiger partial charge in [-0.05, 0) is 23.8 Å². The fourth-order valence-electron chi connectivity index (χ4n) is 2.78. The zero-order valence-corrected chi connectivity index (χ0v) is 14.1. The Hall–Kier alpha value is -3.48. The molecule has 2 aromatic carbocycles. The van der Waals surface area contributed by atoms with Crippen LogP contribution in [-0.4, -0.2) is 30.1 Å². The highest BCUT2D eigenvalue weighted by molar-refractivity contribution is 5.93. The second kappa shape index (κ2) is 7.60. The quantitative estimate of drug-likeness (QED) is 0.627. The molecule has 0 fully saturated rings. The van der Waals surface area contributed by atoms with Gasteiger partial charge in [-0.2, -0.15) is 0 Å². The van der Waals surface area contributed by atoms with Gasteiger partial charge in [0.25, 0.3) is 0 Å². The Kier molecular flexibility index (Phi) is 5.07. The van der Waals surface area contributed by atoms with Crippen molar-refractivity contribution in [2.75, 3.05) is 12.4 Å². The summed E-state index contributed by atoms with van der Waals surface area (Å²) < 4.78 is 5.16. The molecule has 7 nitrogen and oxygen atoms in total. The first-order chi connectivity index (χ1) is 12.6. The molecular weight excluding hydrogens is 334 g/mol. The largest absolute Gasteiger partial charge is 0.548 e. The van der Waals surface area contributed by atoms with Crippen LogP contribution in [0.15, 0.2) is 54.7 Å². The Morgan fingerprint density at radius 1 is 1.15 bits per heavy atom. The lowest BCUT2D eigenvalue weighted by Crippen LogP contribution is -2.50.